The highest BCUT2D eigenvalue weighted by Gasteiger charge is 2.26. The lowest BCUT2D eigenvalue weighted by molar-refractivity contribution is 0.0811. The second-order valence-corrected chi connectivity index (χ2v) is 5.26. The minimum atomic E-state index is -0.470. The first-order valence-corrected chi connectivity index (χ1v) is 6.78. The second kappa shape index (κ2) is 5.61. The molecule has 2 rings (SSSR count). The largest absolute Gasteiger partial charge is 0.395 e. The first kappa shape index (κ1) is 13.9. The Hall–Kier alpha value is -1.56. The van der Waals surface area contributed by atoms with Gasteiger partial charge in [-0.3, -0.25) is 9.48 Å². The zero-order valence-electron chi connectivity index (χ0n) is 11.5. The summed E-state index contributed by atoms with van der Waals surface area (Å²) in [7, 11) is 1.70. The van der Waals surface area contributed by atoms with Crippen molar-refractivity contribution >= 4 is 11.6 Å². The molecule has 1 fully saturated rings. The minimum absolute atomic E-state index is 0.190. The van der Waals surface area contributed by atoms with Crippen LogP contribution in [-0.2, 0) is 7.05 Å². The number of nitrogens with zero attached hydrogens (tertiary/aromatic N) is 2. The third kappa shape index (κ3) is 2.89. The summed E-state index contributed by atoms with van der Waals surface area (Å²) in [6, 6.07) is -0.190. The molecule has 0 radical (unpaired) electrons. The van der Waals surface area contributed by atoms with Crippen LogP contribution < -0.4 is 11.1 Å². The topological polar surface area (TPSA) is 93.2 Å². The molecule has 4 N–H and O–H groups in total. The van der Waals surface area contributed by atoms with Crippen LogP contribution in [0.4, 0.5) is 5.69 Å². The van der Waals surface area contributed by atoms with E-state index < -0.39 is 6.10 Å². The number of nitrogen functional groups attached to an aromatic ring is 1. The van der Waals surface area contributed by atoms with Crippen LogP contribution in [0.1, 0.15) is 48.3 Å². The van der Waals surface area contributed by atoms with Crippen LogP contribution in [0.25, 0.3) is 0 Å². The van der Waals surface area contributed by atoms with E-state index >= 15 is 0 Å². The monoisotopic (exact) mass is 266 g/mol. The van der Waals surface area contributed by atoms with E-state index in [0.717, 1.165) is 32.1 Å². The van der Waals surface area contributed by atoms with Crippen molar-refractivity contribution in [2.45, 2.75) is 51.2 Å². The fraction of sp³-hybridized carbons (Fsp3) is 0.692. The Balaban J connectivity index is 2.11. The molecule has 1 aromatic heterocycles. The average molecular weight is 266 g/mol. The number of amides is 1. The summed E-state index contributed by atoms with van der Waals surface area (Å²) in [5, 5.41) is 17.0. The van der Waals surface area contributed by atoms with E-state index in [0.29, 0.717) is 17.1 Å². The molecule has 1 aliphatic carbocycles. The molecule has 0 aromatic carbocycles. The molecule has 19 heavy (non-hydrogen) atoms. The third-order valence-corrected chi connectivity index (χ3v) is 3.78. The van der Waals surface area contributed by atoms with Crippen molar-refractivity contribution in [3.05, 3.63) is 11.4 Å². The zero-order valence-corrected chi connectivity index (χ0v) is 11.5. The highest BCUT2D eigenvalue weighted by molar-refractivity contribution is 5.98. The van der Waals surface area contributed by atoms with Gasteiger partial charge in [0.2, 0.25) is 0 Å². The van der Waals surface area contributed by atoms with Gasteiger partial charge in [-0.1, -0.05) is 19.3 Å². The van der Waals surface area contributed by atoms with Crippen LogP contribution in [0.3, 0.4) is 0 Å². The summed E-state index contributed by atoms with van der Waals surface area (Å²) in [6.45, 7) is 1.77. The third-order valence-electron chi connectivity index (χ3n) is 3.78. The van der Waals surface area contributed by atoms with E-state index in [2.05, 4.69) is 10.4 Å². The lowest BCUT2D eigenvalue weighted by Gasteiger charge is -2.21. The lowest BCUT2D eigenvalue weighted by Crippen LogP contribution is -2.43. The zero-order chi connectivity index (χ0) is 14.0. The molecule has 0 spiro atoms. The van der Waals surface area contributed by atoms with Crippen LogP contribution in [0, 0.1) is 6.92 Å². The maximum absolute atomic E-state index is 12.3. The van der Waals surface area contributed by atoms with Crippen LogP contribution in [0.15, 0.2) is 0 Å². The fourth-order valence-corrected chi connectivity index (χ4v) is 2.64. The number of hydrogen-bond donors (Lipinski definition) is 3. The van der Waals surface area contributed by atoms with Gasteiger partial charge in [0.25, 0.3) is 5.91 Å². The Morgan fingerprint density at radius 2 is 2.11 bits per heavy atom. The molecule has 0 aliphatic heterocycles. The van der Waals surface area contributed by atoms with Gasteiger partial charge in [-0.05, 0) is 19.8 Å². The molecule has 0 saturated heterocycles. The summed E-state index contributed by atoms with van der Waals surface area (Å²) in [5.41, 5.74) is 7.29. The molecule has 1 heterocycles. The predicted octanol–water partition coefficient (Wildman–Crippen LogP) is 0.734. The quantitative estimate of drug-likeness (QED) is 0.688. The fourth-order valence-electron chi connectivity index (χ4n) is 2.64. The van der Waals surface area contributed by atoms with E-state index in [9.17, 15) is 9.90 Å². The minimum Gasteiger partial charge on any atom is -0.395 e. The number of carbonyl (C=O) groups excluding carboxylic acids is 1. The van der Waals surface area contributed by atoms with Crippen molar-refractivity contribution in [2.24, 2.45) is 7.05 Å². The van der Waals surface area contributed by atoms with E-state index in [-0.39, 0.29) is 11.9 Å². The van der Waals surface area contributed by atoms with Crippen molar-refractivity contribution in [1.82, 2.24) is 15.1 Å². The number of aliphatic hydroxyl groups is 1. The predicted molar refractivity (Wildman–Crippen MR) is 72.7 cm³/mol. The Morgan fingerprint density at radius 3 is 2.74 bits per heavy atom. The molecule has 6 nitrogen and oxygen atoms in total. The lowest BCUT2D eigenvalue weighted by atomic mass is 10.1. The van der Waals surface area contributed by atoms with Crippen molar-refractivity contribution in [3.63, 3.8) is 0 Å². The molecule has 2 unspecified atom stereocenters. The number of rotatable bonds is 2. The highest BCUT2D eigenvalue weighted by Crippen LogP contribution is 2.20. The summed E-state index contributed by atoms with van der Waals surface area (Å²) in [5.74, 6) is -0.258. The number of aliphatic hydroxyl groups excluding tert-OH is 1. The summed E-state index contributed by atoms with van der Waals surface area (Å²) < 4.78 is 1.49. The smallest absolute Gasteiger partial charge is 0.272 e. The first-order chi connectivity index (χ1) is 9.00. The maximum atomic E-state index is 12.3. The number of anilines is 1. The summed E-state index contributed by atoms with van der Waals surface area (Å²) in [4.78, 5) is 12.3. The second-order valence-electron chi connectivity index (χ2n) is 5.26. The van der Waals surface area contributed by atoms with Crippen molar-refractivity contribution in [3.8, 4) is 0 Å². The standard InChI is InChI=1S/C13H22N4O2/c1-8-11(14)12(17(2)16-8)13(19)15-9-6-4-3-5-7-10(9)18/h9-10,18H,3-7,14H2,1-2H3,(H,15,19). The van der Waals surface area contributed by atoms with E-state index in [1.807, 2.05) is 0 Å². The number of aromatic nitrogens is 2. The van der Waals surface area contributed by atoms with Gasteiger partial charge in [0.05, 0.1) is 23.5 Å². The van der Waals surface area contributed by atoms with Gasteiger partial charge in [0, 0.05) is 7.05 Å². The molecule has 106 valence electrons. The van der Waals surface area contributed by atoms with Crippen molar-refractivity contribution < 1.29 is 9.90 Å². The molecule has 2 atom stereocenters. The van der Waals surface area contributed by atoms with Crippen LogP contribution in [0.2, 0.25) is 0 Å². The van der Waals surface area contributed by atoms with E-state index in [1.54, 1.807) is 14.0 Å². The van der Waals surface area contributed by atoms with Gasteiger partial charge in [-0.25, -0.2) is 0 Å². The normalized spacial score (nSPS) is 23.9. The van der Waals surface area contributed by atoms with Gasteiger partial charge in [-0.2, -0.15) is 5.10 Å². The number of hydrogen-bond acceptors (Lipinski definition) is 4. The molecule has 1 amide bonds. The van der Waals surface area contributed by atoms with Gasteiger partial charge < -0.3 is 16.2 Å². The Labute approximate surface area is 113 Å². The number of aryl methyl sites for hydroxylation is 2. The van der Waals surface area contributed by atoms with Crippen LogP contribution in [-0.4, -0.2) is 32.9 Å². The van der Waals surface area contributed by atoms with Gasteiger partial charge >= 0.3 is 0 Å². The number of nitrogens with two attached hydrogens (primary N) is 1. The van der Waals surface area contributed by atoms with Crippen LogP contribution in [0.5, 0.6) is 0 Å². The van der Waals surface area contributed by atoms with Gasteiger partial charge in [-0.15, -0.1) is 0 Å². The molecule has 6 heteroatoms. The average Bonchev–Trinajstić information content (AvgIpc) is 2.51. The summed E-state index contributed by atoms with van der Waals surface area (Å²) >= 11 is 0. The number of nitrogens with one attached hydrogen (secondary N) is 1. The van der Waals surface area contributed by atoms with Gasteiger partial charge in [0.1, 0.15) is 5.69 Å². The Kier molecular flexibility index (Phi) is 4.09. The SMILES string of the molecule is Cc1nn(C)c(C(=O)NC2CCCCCC2O)c1N. The Bertz CT molecular complexity index is 469. The van der Waals surface area contributed by atoms with E-state index in [1.165, 1.54) is 4.68 Å². The first-order valence-electron chi connectivity index (χ1n) is 6.78. The van der Waals surface area contributed by atoms with Crippen molar-refractivity contribution in [2.75, 3.05) is 5.73 Å². The molecular formula is C13H22N4O2. The Morgan fingerprint density at radius 1 is 1.42 bits per heavy atom. The van der Waals surface area contributed by atoms with Gasteiger partial charge in [0.15, 0.2) is 0 Å². The molecular weight excluding hydrogens is 244 g/mol. The molecule has 1 aromatic rings. The molecule has 1 aliphatic rings. The van der Waals surface area contributed by atoms with E-state index in [4.69, 9.17) is 5.73 Å². The molecule has 1 saturated carbocycles. The maximum Gasteiger partial charge on any atom is 0.272 e. The highest BCUT2D eigenvalue weighted by atomic mass is 16.3. The summed E-state index contributed by atoms with van der Waals surface area (Å²) in [6.07, 6.45) is 4.23. The number of carbonyl (C=O) groups is 1. The molecule has 0 bridgehead atoms. The van der Waals surface area contributed by atoms with Crippen molar-refractivity contribution in [1.29, 1.82) is 0 Å². The van der Waals surface area contributed by atoms with Crippen LogP contribution >= 0.6 is 0 Å².